The summed E-state index contributed by atoms with van der Waals surface area (Å²) in [5.41, 5.74) is 0. The second-order valence-electron chi connectivity index (χ2n) is 25.8. The summed E-state index contributed by atoms with van der Waals surface area (Å²) in [5.74, 6) is -2.35. The molecule has 5 atom stereocenters. The highest BCUT2D eigenvalue weighted by molar-refractivity contribution is 7.47. The van der Waals surface area contributed by atoms with Gasteiger partial charge >= 0.3 is 39.5 Å². The highest BCUT2D eigenvalue weighted by Crippen LogP contribution is 2.45. The molecule has 0 aromatic heterocycles. The van der Waals surface area contributed by atoms with E-state index in [0.29, 0.717) is 38.5 Å². The molecule has 0 aliphatic rings. The van der Waals surface area contributed by atoms with Gasteiger partial charge in [-0.1, -0.05) is 266 Å². The smallest absolute Gasteiger partial charge is 0.462 e. The van der Waals surface area contributed by atoms with Gasteiger partial charge in [-0.05, 0) is 186 Å². The van der Waals surface area contributed by atoms with E-state index in [1.165, 1.54) is 0 Å². The number of carbonyl (C=O) groups is 4. The van der Waals surface area contributed by atoms with E-state index in [4.69, 9.17) is 37.0 Å². The van der Waals surface area contributed by atoms with Crippen LogP contribution in [0.5, 0.6) is 0 Å². The van der Waals surface area contributed by atoms with Gasteiger partial charge in [0.05, 0.1) is 26.4 Å². The first kappa shape index (κ1) is 102. The Kier molecular flexibility index (Phi) is 74.1. The van der Waals surface area contributed by atoms with Crippen LogP contribution in [0.3, 0.4) is 0 Å². The van der Waals surface area contributed by atoms with Gasteiger partial charge in [0.25, 0.3) is 0 Å². The van der Waals surface area contributed by atoms with Crippen LogP contribution >= 0.6 is 15.6 Å². The Morgan fingerprint density at radius 2 is 0.454 bits per heavy atom. The maximum atomic E-state index is 13.1. The monoisotopic (exact) mass is 1540 g/mol. The minimum atomic E-state index is -5.01. The Morgan fingerprint density at radius 3 is 0.722 bits per heavy atom. The van der Waals surface area contributed by atoms with Crippen LogP contribution in [0.1, 0.15) is 272 Å². The van der Waals surface area contributed by atoms with E-state index >= 15 is 0 Å². The molecule has 0 spiro atoms. The SMILES string of the molecule is CC/C=C\C/C=C\C/C=C\C/C=C\C/C=C\CCCCCC(=O)OCC(COP(=O)(O)OCC(O)COP(=O)(O)OCC(COC(=O)CCCCCCCC/C=C\C/C=C\C/C=C\C/C=C\CC)OC(=O)CCCC/C=C\C/C=C\C/C=C\C/C=C\CC)OC(=O)CCCC/C=C\C/C=C\C/C=C\C/C=C\CC. The number of phosphoric acid groups is 2. The predicted molar refractivity (Wildman–Crippen MR) is 445 cm³/mol. The predicted octanol–water partition coefficient (Wildman–Crippen LogP) is 23.9. The van der Waals surface area contributed by atoms with E-state index in [0.717, 1.165) is 180 Å². The Morgan fingerprint density at radius 1 is 0.259 bits per heavy atom. The lowest BCUT2D eigenvalue weighted by atomic mass is 10.1. The van der Waals surface area contributed by atoms with Crippen LogP contribution < -0.4 is 0 Å². The first-order valence-corrected chi connectivity index (χ1v) is 43.3. The molecule has 108 heavy (non-hydrogen) atoms. The van der Waals surface area contributed by atoms with Crippen molar-refractivity contribution >= 4 is 39.5 Å². The molecule has 0 saturated heterocycles. The van der Waals surface area contributed by atoms with Crippen LogP contribution in [0.2, 0.25) is 0 Å². The third-order valence-electron chi connectivity index (χ3n) is 15.7. The molecular weight excluding hydrogens is 1400 g/mol. The van der Waals surface area contributed by atoms with Crippen molar-refractivity contribution in [2.75, 3.05) is 39.6 Å². The lowest BCUT2D eigenvalue weighted by molar-refractivity contribution is -0.161. The third-order valence-corrected chi connectivity index (χ3v) is 17.6. The number of aliphatic hydroxyl groups is 1. The number of esters is 4. The molecule has 0 heterocycles. The molecule has 0 aliphatic heterocycles. The van der Waals surface area contributed by atoms with Crippen LogP contribution in [0.25, 0.3) is 0 Å². The topological polar surface area (TPSA) is 237 Å². The molecule has 0 rings (SSSR count). The molecule has 17 nitrogen and oxygen atoms in total. The highest BCUT2D eigenvalue weighted by atomic mass is 31.2. The fourth-order valence-electron chi connectivity index (χ4n) is 9.75. The van der Waals surface area contributed by atoms with E-state index in [9.17, 15) is 43.2 Å². The van der Waals surface area contributed by atoms with Crippen molar-refractivity contribution in [2.24, 2.45) is 0 Å². The Bertz CT molecular complexity index is 2860. The zero-order chi connectivity index (χ0) is 78.9. The van der Waals surface area contributed by atoms with Gasteiger partial charge in [0.15, 0.2) is 12.2 Å². The van der Waals surface area contributed by atoms with E-state index in [1.807, 2.05) is 0 Å². The lowest BCUT2D eigenvalue weighted by Gasteiger charge is -2.21. The lowest BCUT2D eigenvalue weighted by Crippen LogP contribution is -2.30. The van der Waals surface area contributed by atoms with Gasteiger partial charge < -0.3 is 33.8 Å². The van der Waals surface area contributed by atoms with Crippen LogP contribution in [-0.2, 0) is 65.4 Å². The number of unbranched alkanes of at least 4 members (excludes halogenated alkanes) is 13. The Labute approximate surface area is 652 Å². The Balaban J connectivity index is 5.50. The van der Waals surface area contributed by atoms with Crippen molar-refractivity contribution in [3.8, 4) is 0 Å². The van der Waals surface area contributed by atoms with Crippen molar-refractivity contribution in [1.82, 2.24) is 0 Å². The molecule has 3 N–H and O–H groups in total. The summed E-state index contributed by atoms with van der Waals surface area (Å²) in [5, 5.41) is 10.7. The number of carbonyl (C=O) groups excluding carboxylic acids is 4. The number of ether oxygens (including phenoxy) is 4. The Hall–Kier alpha value is -6.36. The number of hydrogen-bond donors (Lipinski definition) is 3. The number of hydrogen-bond acceptors (Lipinski definition) is 15. The third kappa shape index (κ3) is 77.8. The molecule has 0 amide bonds. The summed E-state index contributed by atoms with van der Waals surface area (Å²) in [6, 6.07) is 0. The minimum Gasteiger partial charge on any atom is -0.462 e. The molecular formula is C89H140O17P2. The molecule has 0 saturated carbocycles. The van der Waals surface area contributed by atoms with Gasteiger partial charge in [-0.2, -0.15) is 0 Å². The second-order valence-corrected chi connectivity index (χ2v) is 28.7. The van der Waals surface area contributed by atoms with Crippen LogP contribution in [0.15, 0.2) is 207 Å². The van der Waals surface area contributed by atoms with Crippen molar-refractivity contribution in [2.45, 2.75) is 290 Å². The van der Waals surface area contributed by atoms with Gasteiger partial charge in [0, 0.05) is 25.7 Å². The molecule has 0 aliphatic carbocycles. The second kappa shape index (κ2) is 78.8. The maximum absolute atomic E-state index is 13.1. The summed E-state index contributed by atoms with van der Waals surface area (Å²) in [4.78, 5) is 73.1. The average molecular weight is 1540 g/mol. The van der Waals surface area contributed by atoms with Crippen LogP contribution in [0, 0.1) is 0 Å². The van der Waals surface area contributed by atoms with Crippen molar-refractivity contribution in [1.29, 1.82) is 0 Å². The highest BCUT2D eigenvalue weighted by Gasteiger charge is 2.30. The van der Waals surface area contributed by atoms with E-state index in [-0.39, 0.29) is 25.7 Å². The summed E-state index contributed by atoms with van der Waals surface area (Å²) in [6.07, 6.45) is 98.1. The minimum absolute atomic E-state index is 0.0249. The maximum Gasteiger partial charge on any atom is 0.472 e. The first-order valence-electron chi connectivity index (χ1n) is 40.3. The van der Waals surface area contributed by atoms with Gasteiger partial charge in [-0.15, -0.1) is 0 Å². The van der Waals surface area contributed by atoms with Crippen LogP contribution in [0.4, 0.5) is 0 Å². The first-order chi connectivity index (χ1) is 52.7. The molecule has 19 heteroatoms. The fourth-order valence-corrected chi connectivity index (χ4v) is 11.3. The zero-order valence-corrected chi connectivity index (χ0v) is 68.2. The summed E-state index contributed by atoms with van der Waals surface area (Å²) in [6.45, 7) is 4.23. The number of phosphoric ester groups is 2. The van der Waals surface area contributed by atoms with Gasteiger partial charge in [-0.3, -0.25) is 37.3 Å². The van der Waals surface area contributed by atoms with Gasteiger partial charge in [0.2, 0.25) is 0 Å². The molecule has 0 aromatic carbocycles. The number of allylic oxidation sites excluding steroid dienone is 34. The average Bonchev–Trinajstić information content (AvgIpc) is 0.923. The molecule has 0 bridgehead atoms. The largest absolute Gasteiger partial charge is 0.472 e. The summed E-state index contributed by atoms with van der Waals surface area (Å²) in [7, 11) is -10.0. The molecule has 608 valence electrons. The van der Waals surface area contributed by atoms with Gasteiger partial charge in [0.1, 0.15) is 19.3 Å². The molecule has 0 aromatic rings. The van der Waals surface area contributed by atoms with Gasteiger partial charge in [-0.25, -0.2) is 9.13 Å². The zero-order valence-electron chi connectivity index (χ0n) is 66.4. The number of rotatable bonds is 73. The summed E-state index contributed by atoms with van der Waals surface area (Å²) >= 11 is 0. The fraction of sp³-hybridized carbons (Fsp3) is 0.573. The summed E-state index contributed by atoms with van der Waals surface area (Å²) < 4.78 is 68.5. The van der Waals surface area contributed by atoms with Crippen molar-refractivity contribution in [3.05, 3.63) is 207 Å². The number of aliphatic hydroxyl groups excluding tert-OH is 1. The molecule has 0 fully saturated rings. The van der Waals surface area contributed by atoms with Crippen molar-refractivity contribution < 1.29 is 80.2 Å². The molecule has 5 unspecified atom stereocenters. The van der Waals surface area contributed by atoms with E-state index in [1.54, 1.807) is 0 Å². The quantitative estimate of drug-likeness (QED) is 0.0169. The van der Waals surface area contributed by atoms with Crippen molar-refractivity contribution in [3.63, 3.8) is 0 Å². The van der Waals surface area contributed by atoms with E-state index < -0.39 is 97.5 Å². The van der Waals surface area contributed by atoms with E-state index in [2.05, 4.69) is 234 Å². The normalized spacial score (nSPS) is 14.9. The van der Waals surface area contributed by atoms with Crippen LogP contribution in [-0.4, -0.2) is 96.7 Å². The molecule has 0 radical (unpaired) electrons. The standard InChI is InChI=1S/C89H140O17P2/c1-5-9-13-17-21-25-29-33-37-39-41-43-47-49-53-57-61-65-69-73-86(91)99-79-84(105-88(93)75-71-67-63-59-55-51-45-35-31-27-23-19-15-11-7-3)81-103-107(95,96)101-77-83(90)78-102-108(97,98)104-82-85(106-89(94)76-72-68-64-60-56-52-46-36-32-28-24-20-16-12-8-4)80-100-87(92)74-70-66-62-58-54-50-48-44-42-40-38-34-30-26-22-18-14-10-6-2/h9-16,21-28,33-38,41-46,49,53,55-56,59-60,83-85,90H,5-8,17-20,29-32,39-40,47-48,50-52,54,57-58,61-82H2,1-4H3,(H,95,96)(H,97,98)/b13-9-,14-10-,15-11-,16-12-,25-21-,26-22-,27-23-,28-24-,37-33-,38-34-,43-41-,44-42-,45-35-,46-36-,53-49-,59-55-,60-56-.